The average Bonchev–Trinajstić information content (AvgIpc) is 2.39. The average molecular weight is 261 g/mol. The highest BCUT2D eigenvalue weighted by atomic mass is 16.6. The number of aliphatic hydroxyl groups is 2. The molecule has 0 spiro atoms. The fourth-order valence-corrected chi connectivity index (χ4v) is 1.89. The molecule has 0 bridgehead atoms. The summed E-state index contributed by atoms with van der Waals surface area (Å²) in [7, 11) is 1.27. The smallest absolute Gasteiger partial charge is 0.237 e. The third-order valence-electron chi connectivity index (χ3n) is 2.91. The molecule has 1 aromatic carbocycles. The van der Waals surface area contributed by atoms with E-state index in [9.17, 15) is 15.0 Å². The number of ether oxygens (including phenoxy) is 1. The van der Waals surface area contributed by atoms with Gasteiger partial charge in [-0.1, -0.05) is 24.3 Å². The van der Waals surface area contributed by atoms with Gasteiger partial charge in [-0.15, -0.1) is 0 Å². The standard InChI is InChI=1S/C14H15NO4/c1-19-14(18)9-11(16)7-8-12(14)13(17)15-10-5-3-2-4-6-10/h2-9,12,16,18H,1H3,(H,15,17). The minimum Gasteiger partial charge on any atom is -0.508 e. The second-order valence-corrected chi connectivity index (χ2v) is 4.22. The Balaban J connectivity index is 2.17. The van der Waals surface area contributed by atoms with Crippen molar-refractivity contribution in [2.45, 2.75) is 5.79 Å². The third-order valence-corrected chi connectivity index (χ3v) is 2.91. The summed E-state index contributed by atoms with van der Waals surface area (Å²) in [6.07, 6.45) is 3.85. The maximum absolute atomic E-state index is 12.1. The van der Waals surface area contributed by atoms with Gasteiger partial charge in [-0.25, -0.2) is 0 Å². The zero-order valence-electron chi connectivity index (χ0n) is 10.4. The number of carbonyl (C=O) groups excluding carboxylic acids is 1. The molecule has 100 valence electrons. The summed E-state index contributed by atoms with van der Waals surface area (Å²) >= 11 is 0. The van der Waals surface area contributed by atoms with Crippen molar-refractivity contribution in [2.24, 2.45) is 5.92 Å². The van der Waals surface area contributed by atoms with Gasteiger partial charge in [0.15, 0.2) is 0 Å². The maximum Gasteiger partial charge on any atom is 0.237 e. The molecule has 19 heavy (non-hydrogen) atoms. The van der Waals surface area contributed by atoms with Gasteiger partial charge in [-0.3, -0.25) is 4.79 Å². The number of nitrogens with one attached hydrogen (secondary N) is 1. The fourth-order valence-electron chi connectivity index (χ4n) is 1.89. The number of anilines is 1. The highest BCUT2D eigenvalue weighted by Crippen LogP contribution is 2.28. The van der Waals surface area contributed by atoms with Gasteiger partial charge in [0.2, 0.25) is 11.7 Å². The number of hydrogen-bond acceptors (Lipinski definition) is 4. The zero-order valence-corrected chi connectivity index (χ0v) is 10.4. The van der Waals surface area contributed by atoms with Crippen LogP contribution in [0.5, 0.6) is 0 Å². The minimum absolute atomic E-state index is 0.145. The van der Waals surface area contributed by atoms with Crippen LogP contribution in [0.25, 0.3) is 0 Å². The summed E-state index contributed by atoms with van der Waals surface area (Å²) in [6, 6.07) is 8.90. The van der Waals surface area contributed by atoms with E-state index in [1.54, 1.807) is 24.3 Å². The third kappa shape index (κ3) is 2.83. The number of allylic oxidation sites excluding steroid dienone is 1. The molecule has 0 saturated carbocycles. The fraction of sp³-hybridized carbons (Fsp3) is 0.214. The summed E-state index contributed by atoms with van der Waals surface area (Å²) in [5, 5.41) is 22.2. The van der Waals surface area contributed by atoms with Crippen LogP contribution in [0.15, 0.2) is 54.3 Å². The first-order valence-electron chi connectivity index (χ1n) is 5.78. The normalized spacial score (nSPS) is 25.8. The largest absolute Gasteiger partial charge is 0.508 e. The van der Waals surface area contributed by atoms with E-state index in [0.29, 0.717) is 5.69 Å². The zero-order chi connectivity index (χ0) is 13.9. The van der Waals surface area contributed by atoms with Crippen LogP contribution in [0.2, 0.25) is 0 Å². The SMILES string of the molecule is COC1(O)C=C(O)C=CC1C(=O)Nc1ccccc1. The monoisotopic (exact) mass is 261 g/mol. The lowest BCUT2D eigenvalue weighted by atomic mass is 9.92. The number of amides is 1. The highest BCUT2D eigenvalue weighted by Gasteiger charge is 2.41. The molecule has 1 aromatic rings. The Kier molecular flexibility index (Phi) is 3.69. The molecule has 0 heterocycles. The van der Waals surface area contributed by atoms with Crippen molar-refractivity contribution in [3.8, 4) is 0 Å². The second kappa shape index (κ2) is 5.26. The Hall–Kier alpha value is -2.11. The van der Waals surface area contributed by atoms with Crippen LogP contribution in [0.4, 0.5) is 5.69 Å². The maximum atomic E-state index is 12.1. The predicted octanol–water partition coefficient (Wildman–Crippen LogP) is 1.59. The summed E-state index contributed by atoms with van der Waals surface area (Å²) in [6.45, 7) is 0. The summed E-state index contributed by atoms with van der Waals surface area (Å²) in [5.41, 5.74) is 0.623. The molecule has 2 rings (SSSR count). The van der Waals surface area contributed by atoms with E-state index in [0.717, 1.165) is 6.08 Å². The lowest BCUT2D eigenvalue weighted by Crippen LogP contribution is -2.45. The number of para-hydroxylation sites is 1. The Labute approximate surface area is 110 Å². The van der Waals surface area contributed by atoms with Crippen molar-refractivity contribution in [3.05, 3.63) is 54.3 Å². The molecule has 1 aliphatic rings. The second-order valence-electron chi connectivity index (χ2n) is 4.22. The van der Waals surface area contributed by atoms with Crippen LogP contribution in [-0.4, -0.2) is 29.0 Å². The first kappa shape index (κ1) is 13.3. The van der Waals surface area contributed by atoms with Crippen LogP contribution in [0.1, 0.15) is 0 Å². The first-order valence-corrected chi connectivity index (χ1v) is 5.78. The molecular weight excluding hydrogens is 246 g/mol. The lowest BCUT2D eigenvalue weighted by Gasteiger charge is -2.31. The molecule has 0 aromatic heterocycles. The van der Waals surface area contributed by atoms with E-state index in [1.807, 2.05) is 6.07 Å². The van der Waals surface area contributed by atoms with Gasteiger partial charge in [-0.05, 0) is 18.2 Å². The Morgan fingerprint density at radius 1 is 1.37 bits per heavy atom. The van der Waals surface area contributed by atoms with Gasteiger partial charge in [0, 0.05) is 18.9 Å². The topological polar surface area (TPSA) is 78.8 Å². The van der Waals surface area contributed by atoms with E-state index in [1.165, 1.54) is 19.3 Å². The molecule has 5 nitrogen and oxygen atoms in total. The number of rotatable bonds is 3. The Morgan fingerprint density at radius 2 is 2.05 bits per heavy atom. The number of aliphatic hydroxyl groups excluding tert-OH is 1. The molecule has 0 radical (unpaired) electrons. The van der Waals surface area contributed by atoms with Crippen LogP contribution >= 0.6 is 0 Å². The first-order chi connectivity index (χ1) is 9.05. The number of methoxy groups -OCH3 is 1. The van der Waals surface area contributed by atoms with Crippen molar-refractivity contribution >= 4 is 11.6 Å². The van der Waals surface area contributed by atoms with Crippen molar-refractivity contribution < 1.29 is 19.7 Å². The van der Waals surface area contributed by atoms with Crippen molar-refractivity contribution in [3.63, 3.8) is 0 Å². The molecule has 0 fully saturated rings. The molecule has 1 amide bonds. The van der Waals surface area contributed by atoms with Gasteiger partial charge in [0.1, 0.15) is 11.7 Å². The van der Waals surface area contributed by atoms with Crippen molar-refractivity contribution in [1.82, 2.24) is 0 Å². The number of carbonyl (C=O) groups is 1. The van der Waals surface area contributed by atoms with Gasteiger partial charge in [0.05, 0.1) is 0 Å². The molecule has 0 saturated heterocycles. The van der Waals surface area contributed by atoms with Crippen molar-refractivity contribution in [1.29, 1.82) is 0 Å². The van der Waals surface area contributed by atoms with E-state index >= 15 is 0 Å². The molecule has 0 aliphatic heterocycles. The van der Waals surface area contributed by atoms with Crippen LogP contribution in [0.3, 0.4) is 0 Å². The van der Waals surface area contributed by atoms with Gasteiger partial charge in [-0.2, -0.15) is 0 Å². The summed E-state index contributed by atoms with van der Waals surface area (Å²) in [5.74, 6) is -3.35. The quantitative estimate of drug-likeness (QED) is 0.722. The molecule has 2 atom stereocenters. The number of benzene rings is 1. The molecule has 1 aliphatic carbocycles. The highest BCUT2D eigenvalue weighted by molar-refractivity contribution is 5.94. The van der Waals surface area contributed by atoms with E-state index in [4.69, 9.17) is 4.74 Å². The van der Waals surface area contributed by atoms with E-state index in [-0.39, 0.29) is 5.76 Å². The molecule has 3 N–H and O–H groups in total. The Bertz CT molecular complexity index is 524. The predicted molar refractivity (Wildman–Crippen MR) is 70.4 cm³/mol. The summed E-state index contributed by atoms with van der Waals surface area (Å²) in [4.78, 5) is 12.1. The van der Waals surface area contributed by atoms with Crippen LogP contribution in [0, 0.1) is 5.92 Å². The van der Waals surface area contributed by atoms with Crippen LogP contribution < -0.4 is 5.32 Å². The molecule has 2 unspecified atom stereocenters. The van der Waals surface area contributed by atoms with Gasteiger partial charge in [0.25, 0.3) is 0 Å². The summed E-state index contributed by atoms with van der Waals surface area (Å²) < 4.78 is 4.93. The van der Waals surface area contributed by atoms with Gasteiger partial charge < -0.3 is 20.3 Å². The van der Waals surface area contributed by atoms with Gasteiger partial charge >= 0.3 is 0 Å². The molecular formula is C14H15NO4. The van der Waals surface area contributed by atoms with E-state index < -0.39 is 17.6 Å². The van der Waals surface area contributed by atoms with E-state index in [2.05, 4.69) is 5.32 Å². The molecule has 5 heteroatoms. The van der Waals surface area contributed by atoms with Crippen LogP contribution in [-0.2, 0) is 9.53 Å². The van der Waals surface area contributed by atoms with Crippen molar-refractivity contribution in [2.75, 3.05) is 12.4 Å². The lowest BCUT2D eigenvalue weighted by molar-refractivity contribution is -0.178. The minimum atomic E-state index is -1.85. The number of hydrogen-bond donors (Lipinski definition) is 3. The Morgan fingerprint density at radius 3 is 2.68 bits per heavy atom.